The van der Waals surface area contributed by atoms with Crippen molar-refractivity contribution in [1.29, 1.82) is 0 Å². The van der Waals surface area contributed by atoms with E-state index in [1.54, 1.807) is 0 Å². The summed E-state index contributed by atoms with van der Waals surface area (Å²) in [6.45, 7) is 3.86. The molecule has 0 saturated carbocycles. The minimum Gasteiger partial charge on any atom is -0.480 e. The average molecular weight is 255 g/mol. The molecule has 0 spiro atoms. The Morgan fingerprint density at radius 2 is 2.18 bits per heavy atom. The zero-order chi connectivity index (χ0) is 12.8. The van der Waals surface area contributed by atoms with Crippen molar-refractivity contribution in [3.8, 4) is 0 Å². The summed E-state index contributed by atoms with van der Waals surface area (Å²) in [5.41, 5.74) is 0.918. The van der Waals surface area contributed by atoms with Crippen LogP contribution in [0.3, 0.4) is 0 Å². The third kappa shape index (κ3) is 4.99. The predicted molar refractivity (Wildman–Crippen MR) is 67.0 cm³/mol. The Morgan fingerprint density at radius 3 is 2.65 bits per heavy atom. The number of aliphatic carboxylic acids is 1. The van der Waals surface area contributed by atoms with Gasteiger partial charge in [-0.05, 0) is 34.7 Å². The Bertz CT molecular complexity index is 373. The third-order valence-electron chi connectivity index (χ3n) is 2.29. The van der Waals surface area contributed by atoms with Gasteiger partial charge in [0.05, 0.1) is 6.42 Å². The number of carboxylic acids is 1. The summed E-state index contributed by atoms with van der Waals surface area (Å²) in [6, 6.07) is 1.07. The number of carboxylic acid groups (broad SMARTS) is 1. The Labute approximate surface area is 105 Å². The zero-order valence-corrected chi connectivity index (χ0v) is 10.8. The van der Waals surface area contributed by atoms with Crippen molar-refractivity contribution in [3.63, 3.8) is 0 Å². The van der Waals surface area contributed by atoms with Gasteiger partial charge in [0.1, 0.15) is 6.04 Å². The molecule has 5 heteroatoms. The normalized spacial score (nSPS) is 12.4. The number of nitrogens with one attached hydrogen (secondary N) is 1. The molecule has 0 aliphatic carbocycles. The van der Waals surface area contributed by atoms with Gasteiger partial charge in [-0.1, -0.05) is 13.8 Å². The minimum atomic E-state index is -0.975. The Morgan fingerprint density at radius 1 is 1.47 bits per heavy atom. The van der Waals surface area contributed by atoms with Crippen LogP contribution in [0, 0.1) is 5.92 Å². The summed E-state index contributed by atoms with van der Waals surface area (Å²) < 4.78 is 0. The second-order valence-corrected chi connectivity index (χ2v) is 5.18. The second-order valence-electron chi connectivity index (χ2n) is 4.40. The molecule has 1 atom stereocenters. The molecule has 94 valence electrons. The molecule has 0 saturated heterocycles. The fourth-order valence-electron chi connectivity index (χ4n) is 1.52. The van der Waals surface area contributed by atoms with Crippen molar-refractivity contribution >= 4 is 23.2 Å². The minimum absolute atomic E-state index is 0.234. The van der Waals surface area contributed by atoms with Crippen LogP contribution >= 0.6 is 11.3 Å². The fraction of sp³-hybridized carbons (Fsp3) is 0.500. The number of hydrogen-bond donors (Lipinski definition) is 2. The topological polar surface area (TPSA) is 66.4 Å². The van der Waals surface area contributed by atoms with Gasteiger partial charge < -0.3 is 10.4 Å². The molecular formula is C12H17NO3S. The van der Waals surface area contributed by atoms with Crippen molar-refractivity contribution in [1.82, 2.24) is 5.32 Å². The summed E-state index contributed by atoms with van der Waals surface area (Å²) in [5.74, 6) is -0.980. The maximum Gasteiger partial charge on any atom is 0.326 e. The van der Waals surface area contributed by atoms with Crippen LogP contribution in [0.5, 0.6) is 0 Å². The summed E-state index contributed by atoms with van der Waals surface area (Å²) >= 11 is 1.52. The summed E-state index contributed by atoms with van der Waals surface area (Å²) in [5, 5.41) is 15.3. The smallest absolute Gasteiger partial charge is 0.326 e. The van der Waals surface area contributed by atoms with E-state index in [1.807, 2.05) is 30.7 Å². The average Bonchev–Trinajstić information content (AvgIpc) is 2.68. The molecule has 0 aliphatic rings. The SMILES string of the molecule is CC(C)C[C@H](NC(=O)Cc1ccsc1)C(=O)O. The zero-order valence-electron chi connectivity index (χ0n) is 9.97. The molecule has 1 aromatic heterocycles. The monoisotopic (exact) mass is 255 g/mol. The van der Waals surface area contributed by atoms with E-state index in [4.69, 9.17) is 5.11 Å². The van der Waals surface area contributed by atoms with Gasteiger partial charge in [-0.25, -0.2) is 4.79 Å². The van der Waals surface area contributed by atoms with Crippen LogP contribution in [0.2, 0.25) is 0 Å². The molecule has 1 heterocycles. The lowest BCUT2D eigenvalue weighted by molar-refractivity contribution is -0.142. The molecule has 0 bridgehead atoms. The van der Waals surface area contributed by atoms with E-state index in [2.05, 4.69) is 5.32 Å². The summed E-state index contributed by atoms with van der Waals surface area (Å²) in [6.07, 6.45) is 0.691. The van der Waals surface area contributed by atoms with Gasteiger partial charge >= 0.3 is 5.97 Å². The van der Waals surface area contributed by atoms with Crippen LogP contribution in [0.15, 0.2) is 16.8 Å². The lowest BCUT2D eigenvalue weighted by Crippen LogP contribution is -2.42. The first-order valence-electron chi connectivity index (χ1n) is 5.52. The van der Waals surface area contributed by atoms with Crippen molar-refractivity contribution < 1.29 is 14.7 Å². The van der Waals surface area contributed by atoms with Crippen LogP contribution in [0.25, 0.3) is 0 Å². The van der Waals surface area contributed by atoms with Crippen molar-refractivity contribution in [3.05, 3.63) is 22.4 Å². The molecular weight excluding hydrogens is 238 g/mol. The van der Waals surface area contributed by atoms with Gasteiger partial charge in [-0.15, -0.1) is 0 Å². The van der Waals surface area contributed by atoms with Gasteiger partial charge in [0.2, 0.25) is 5.91 Å². The lowest BCUT2D eigenvalue weighted by Gasteiger charge is -2.16. The number of thiophene rings is 1. The molecule has 17 heavy (non-hydrogen) atoms. The van der Waals surface area contributed by atoms with Crippen molar-refractivity contribution in [2.45, 2.75) is 32.7 Å². The van der Waals surface area contributed by atoms with Gasteiger partial charge in [0.15, 0.2) is 0 Å². The first-order valence-corrected chi connectivity index (χ1v) is 6.46. The number of rotatable bonds is 6. The van der Waals surface area contributed by atoms with Crippen LogP contribution in [-0.2, 0) is 16.0 Å². The molecule has 2 N–H and O–H groups in total. The first-order chi connectivity index (χ1) is 7.99. The van der Waals surface area contributed by atoms with Crippen LogP contribution in [0.4, 0.5) is 0 Å². The molecule has 0 aliphatic heterocycles. The molecule has 0 radical (unpaired) electrons. The molecule has 1 rings (SSSR count). The number of amides is 1. The number of carbonyl (C=O) groups is 2. The van der Waals surface area contributed by atoms with E-state index in [1.165, 1.54) is 11.3 Å². The van der Waals surface area contributed by atoms with Gasteiger partial charge in [-0.3, -0.25) is 4.79 Å². The Balaban J connectivity index is 2.49. The fourth-order valence-corrected chi connectivity index (χ4v) is 2.19. The molecule has 0 aromatic carbocycles. The van der Waals surface area contributed by atoms with Crippen LogP contribution < -0.4 is 5.32 Å². The molecule has 0 unspecified atom stereocenters. The highest BCUT2D eigenvalue weighted by Crippen LogP contribution is 2.08. The highest BCUT2D eigenvalue weighted by atomic mass is 32.1. The van der Waals surface area contributed by atoms with Crippen LogP contribution in [0.1, 0.15) is 25.8 Å². The van der Waals surface area contributed by atoms with E-state index in [0.29, 0.717) is 6.42 Å². The molecule has 4 nitrogen and oxygen atoms in total. The second kappa shape index (κ2) is 6.39. The maximum atomic E-state index is 11.6. The number of hydrogen-bond acceptors (Lipinski definition) is 3. The Hall–Kier alpha value is -1.36. The van der Waals surface area contributed by atoms with Gasteiger partial charge in [0.25, 0.3) is 0 Å². The van der Waals surface area contributed by atoms with Gasteiger partial charge in [0, 0.05) is 0 Å². The van der Waals surface area contributed by atoms with E-state index in [-0.39, 0.29) is 18.2 Å². The summed E-state index contributed by atoms with van der Waals surface area (Å²) in [4.78, 5) is 22.6. The number of carbonyl (C=O) groups excluding carboxylic acids is 1. The highest BCUT2D eigenvalue weighted by Gasteiger charge is 2.20. The quantitative estimate of drug-likeness (QED) is 0.816. The van der Waals surface area contributed by atoms with Gasteiger partial charge in [-0.2, -0.15) is 11.3 Å². The highest BCUT2D eigenvalue weighted by molar-refractivity contribution is 7.07. The first kappa shape index (κ1) is 13.7. The lowest BCUT2D eigenvalue weighted by atomic mass is 10.0. The van der Waals surface area contributed by atoms with E-state index in [9.17, 15) is 9.59 Å². The Kier molecular flexibility index (Phi) is 5.15. The third-order valence-corrected chi connectivity index (χ3v) is 3.02. The largest absolute Gasteiger partial charge is 0.480 e. The molecule has 1 amide bonds. The summed E-state index contributed by atoms with van der Waals surface area (Å²) in [7, 11) is 0. The van der Waals surface area contributed by atoms with E-state index < -0.39 is 12.0 Å². The van der Waals surface area contributed by atoms with Crippen LogP contribution in [-0.4, -0.2) is 23.0 Å². The van der Waals surface area contributed by atoms with Crippen molar-refractivity contribution in [2.24, 2.45) is 5.92 Å². The molecule has 0 fully saturated rings. The van der Waals surface area contributed by atoms with Crippen molar-refractivity contribution in [2.75, 3.05) is 0 Å². The standard InChI is InChI=1S/C12H17NO3S/c1-8(2)5-10(12(15)16)13-11(14)6-9-3-4-17-7-9/h3-4,7-8,10H,5-6H2,1-2H3,(H,13,14)(H,15,16)/t10-/m0/s1. The maximum absolute atomic E-state index is 11.6. The van der Waals surface area contributed by atoms with E-state index in [0.717, 1.165) is 5.56 Å². The predicted octanol–water partition coefficient (Wildman–Crippen LogP) is 1.91. The van der Waals surface area contributed by atoms with E-state index >= 15 is 0 Å². The molecule has 1 aromatic rings.